The van der Waals surface area contributed by atoms with Crippen LogP contribution < -0.4 is 5.32 Å². The fourth-order valence-corrected chi connectivity index (χ4v) is 1.88. The lowest BCUT2D eigenvalue weighted by molar-refractivity contribution is -0.148. The number of carboxylic acid groups (broad SMARTS) is 1. The molecule has 1 aromatic heterocycles. The van der Waals surface area contributed by atoms with Crippen LogP contribution in [0.2, 0.25) is 0 Å². The van der Waals surface area contributed by atoms with Crippen molar-refractivity contribution in [3.05, 3.63) is 11.6 Å². The summed E-state index contributed by atoms with van der Waals surface area (Å²) in [6.07, 6.45) is -4.60. The van der Waals surface area contributed by atoms with Gasteiger partial charge >= 0.3 is 18.2 Å². The Morgan fingerprint density at radius 3 is 2.57 bits per heavy atom. The molecule has 0 bridgehead atoms. The Morgan fingerprint density at radius 2 is 2.00 bits per heavy atom. The van der Waals surface area contributed by atoms with Crippen molar-refractivity contribution in [3.63, 3.8) is 0 Å². The van der Waals surface area contributed by atoms with Gasteiger partial charge in [-0.2, -0.15) is 13.2 Å². The van der Waals surface area contributed by atoms with Crippen molar-refractivity contribution in [1.82, 2.24) is 25.0 Å². The molecule has 11 heteroatoms. The number of nitrogens with zero attached hydrogens (tertiary/aromatic N) is 4. The van der Waals surface area contributed by atoms with Crippen LogP contribution >= 0.6 is 0 Å². The van der Waals surface area contributed by atoms with Crippen LogP contribution in [0.3, 0.4) is 0 Å². The molecule has 1 atom stereocenters. The molecule has 1 aromatic rings. The Morgan fingerprint density at radius 1 is 1.33 bits per heavy atom. The third-order valence-electron chi connectivity index (χ3n) is 3.00. The lowest BCUT2D eigenvalue weighted by atomic mass is 10.3. The van der Waals surface area contributed by atoms with Crippen molar-refractivity contribution < 1.29 is 27.9 Å². The molecule has 8 nitrogen and oxygen atoms in total. The highest BCUT2D eigenvalue weighted by molar-refractivity contribution is 5.82. The fraction of sp³-hybridized carbons (Fsp3) is 0.600. The molecule has 0 unspecified atom stereocenters. The van der Waals surface area contributed by atoms with Gasteiger partial charge in [0, 0.05) is 13.1 Å². The highest BCUT2D eigenvalue weighted by atomic mass is 19.4. The van der Waals surface area contributed by atoms with Gasteiger partial charge in [0.1, 0.15) is 6.04 Å². The number of hydrogen-bond acceptors (Lipinski definition) is 4. The average molecular weight is 307 g/mol. The maximum absolute atomic E-state index is 12.6. The summed E-state index contributed by atoms with van der Waals surface area (Å²) in [4.78, 5) is 23.6. The van der Waals surface area contributed by atoms with E-state index in [9.17, 15) is 22.8 Å². The standard InChI is InChI=1S/C10H12F3N5O3/c1-5(7(19)20)14-9(21)17-2-3-18-6(4-17)15-16-8(18)10(11,12)13/h5H,2-4H2,1H3,(H,14,21)(H,19,20)/t5-/m1/s1. The molecule has 0 fully saturated rings. The van der Waals surface area contributed by atoms with E-state index in [-0.39, 0.29) is 25.5 Å². The predicted octanol–water partition coefficient (Wildman–Crippen LogP) is 0.295. The van der Waals surface area contributed by atoms with Crippen molar-refractivity contribution in [3.8, 4) is 0 Å². The van der Waals surface area contributed by atoms with Gasteiger partial charge in [-0.3, -0.25) is 4.79 Å². The highest BCUT2D eigenvalue weighted by Gasteiger charge is 2.40. The lowest BCUT2D eigenvalue weighted by Crippen LogP contribution is -2.49. The maximum atomic E-state index is 12.6. The van der Waals surface area contributed by atoms with E-state index in [1.807, 2.05) is 0 Å². The van der Waals surface area contributed by atoms with Crippen molar-refractivity contribution in [2.45, 2.75) is 32.2 Å². The number of amides is 2. The van der Waals surface area contributed by atoms with E-state index >= 15 is 0 Å². The van der Waals surface area contributed by atoms with Crippen LogP contribution in [0, 0.1) is 0 Å². The molecule has 0 spiro atoms. The number of carbonyl (C=O) groups is 2. The monoisotopic (exact) mass is 307 g/mol. The van der Waals surface area contributed by atoms with E-state index in [2.05, 4.69) is 15.5 Å². The number of rotatable bonds is 2. The van der Waals surface area contributed by atoms with Gasteiger partial charge in [0.05, 0.1) is 6.54 Å². The number of halogens is 3. The number of urea groups is 1. The van der Waals surface area contributed by atoms with Crippen molar-refractivity contribution >= 4 is 12.0 Å². The molecule has 2 heterocycles. The summed E-state index contributed by atoms with van der Waals surface area (Å²) in [6, 6.07) is -1.77. The summed E-state index contributed by atoms with van der Waals surface area (Å²) in [6.45, 7) is 1.02. The van der Waals surface area contributed by atoms with E-state index in [0.29, 0.717) is 0 Å². The highest BCUT2D eigenvalue weighted by Crippen LogP contribution is 2.29. The number of aromatic nitrogens is 3. The second-order valence-corrected chi connectivity index (χ2v) is 4.52. The number of hydrogen-bond donors (Lipinski definition) is 2. The molecule has 2 rings (SSSR count). The zero-order valence-corrected chi connectivity index (χ0v) is 10.9. The van der Waals surface area contributed by atoms with Gasteiger partial charge in [-0.15, -0.1) is 10.2 Å². The summed E-state index contributed by atoms with van der Waals surface area (Å²) >= 11 is 0. The normalized spacial score (nSPS) is 16.3. The zero-order chi connectivity index (χ0) is 15.8. The average Bonchev–Trinajstić information content (AvgIpc) is 2.80. The Balaban J connectivity index is 2.09. The van der Waals surface area contributed by atoms with Gasteiger partial charge < -0.3 is 19.9 Å². The van der Waals surface area contributed by atoms with Crippen molar-refractivity contribution in [2.75, 3.05) is 6.54 Å². The van der Waals surface area contributed by atoms with Gasteiger partial charge in [0.2, 0.25) is 5.82 Å². The van der Waals surface area contributed by atoms with E-state index in [0.717, 1.165) is 4.57 Å². The van der Waals surface area contributed by atoms with Crippen molar-refractivity contribution in [1.29, 1.82) is 0 Å². The number of carboxylic acids is 1. The van der Waals surface area contributed by atoms with Gasteiger partial charge in [-0.1, -0.05) is 0 Å². The van der Waals surface area contributed by atoms with E-state index in [4.69, 9.17) is 5.11 Å². The van der Waals surface area contributed by atoms with Crippen LogP contribution in [-0.2, 0) is 24.1 Å². The first kappa shape index (κ1) is 15.1. The number of aliphatic carboxylic acids is 1. The van der Waals surface area contributed by atoms with Gasteiger partial charge in [0.15, 0.2) is 5.82 Å². The maximum Gasteiger partial charge on any atom is 0.451 e. The summed E-state index contributed by atoms with van der Waals surface area (Å²) < 4.78 is 38.8. The Bertz CT molecular complexity index is 571. The molecule has 1 aliphatic rings. The van der Waals surface area contributed by atoms with Crippen molar-refractivity contribution in [2.24, 2.45) is 0 Å². The first-order chi connectivity index (χ1) is 9.70. The minimum absolute atomic E-state index is 0.00621. The van der Waals surface area contributed by atoms with E-state index in [1.54, 1.807) is 0 Å². The Labute approximate surface area is 116 Å². The van der Waals surface area contributed by atoms with E-state index < -0.39 is 30.0 Å². The predicted molar refractivity (Wildman–Crippen MR) is 61.1 cm³/mol. The molecule has 0 aliphatic carbocycles. The second-order valence-electron chi connectivity index (χ2n) is 4.52. The third-order valence-corrected chi connectivity index (χ3v) is 3.00. The molecular weight excluding hydrogens is 295 g/mol. The number of fused-ring (bicyclic) bond motifs is 1. The SMILES string of the molecule is C[C@@H](NC(=O)N1CCn2c(nnc2C(F)(F)F)C1)C(=O)O. The molecule has 0 saturated heterocycles. The molecular formula is C10H12F3N5O3. The molecule has 0 saturated carbocycles. The lowest BCUT2D eigenvalue weighted by Gasteiger charge is -2.28. The smallest absolute Gasteiger partial charge is 0.451 e. The van der Waals surface area contributed by atoms with Crippen LogP contribution in [0.15, 0.2) is 0 Å². The topological polar surface area (TPSA) is 100 Å². The molecule has 1 aliphatic heterocycles. The number of carbonyl (C=O) groups excluding carboxylic acids is 1. The van der Waals surface area contributed by atoms with Crippen LogP contribution in [0.25, 0.3) is 0 Å². The molecule has 2 amide bonds. The van der Waals surface area contributed by atoms with Gasteiger partial charge in [0.25, 0.3) is 0 Å². The molecule has 0 aromatic carbocycles. The van der Waals surface area contributed by atoms with Gasteiger partial charge in [-0.25, -0.2) is 4.79 Å². The third kappa shape index (κ3) is 3.06. The Hall–Kier alpha value is -2.33. The first-order valence-corrected chi connectivity index (χ1v) is 5.97. The Kier molecular flexibility index (Phi) is 3.75. The fourth-order valence-electron chi connectivity index (χ4n) is 1.88. The molecule has 2 N–H and O–H groups in total. The molecule has 0 radical (unpaired) electrons. The molecule has 21 heavy (non-hydrogen) atoms. The number of alkyl halides is 3. The van der Waals surface area contributed by atoms with Crippen LogP contribution in [0.5, 0.6) is 0 Å². The number of nitrogens with one attached hydrogen (secondary N) is 1. The summed E-state index contributed by atoms with van der Waals surface area (Å²) in [5, 5.41) is 17.4. The minimum Gasteiger partial charge on any atom is -0.480 e. The zero-order valence-electron chi connectivity index (χ0n) is 10.9. The minimum atomic E-state index is -4.60. The van der Waals surface area contributed by atoms with Crippen LogP contribution in [0.4, 0.5) is 18.0 Å². The van der Waals surface area contributed by atoms with Crippen LogP contribution in [0.1, 0.15) is 18.6 Å². The summed E-state index contributed by atoms with van der Waals surface area (Å²) in [5.41, 5.74) is 0. The summed E-state index contributed by atoms with van der Waals surface area (Å²) in [5.74, 6) is -2.30. The van der Waals surface area contributed by atoms with Gasteiger partial charge in [-0.05, 0) is 6.92 Å². The second kappa shape index (κ2) is 5.22. The summed E-state index contributed by atoms with van der Waals surface area (Å²) in [7, 11) is 0. The van der Waals surface area contributed by atoms with E-state index in [1.165, 1.54) is 11.8 Å². The quantitative estimate of drug-likeness (QED) is 0.818. The molecule has 116 valence electrons. The van der Waals surface area contributed by atoms with Crippen LogP contribution in [-0.4, -0.2) is 49.4 Å². The first-order valence-electron chi connectivity index (χ1n) is 5.97. The largest absolute Gasteiger partial charge is 0.480 e.